The highest BCUT2D eigenvalue weighted by atomic mass is 19.1. The van der Waals surface area contributed by atoms with E-state index in [0.717, 1.165) is 37.1 Å². The maximum Gasteiger partial charge on any atom is 0.127 e. The molecular formula is C20H23FN2O2. The van der Waals surface area contributed by atoms with Gasteiger partial charge in [-0.2, -0.15) is 0 Å². The molecule has 2 aromatic rings. The van der Waals surface area contributed by atoms with Gasteiger partial charge in [-0.3, -0.25) is 9.88 Å². The molecular weight excluding hydrogens is 319 g/mol. The number of nitrogens with zero attached hydrogens (tertiary/aromatic N) is 2. The summed E-state index contributed by atoms with van der Waals surface area (Å²) in [7, 11) is 0. The Kier molecular flexibility index (Phi) is 5.06. The lowest BCUT2D eigenvalue weighted by Crippen LogP contribution is -2.41. The smallest absolute Gasteiger partial charge is 0.127 e. The lowest BCUT2D eigenvalue weighted by atomic mass is 10.0. The molecule has 1 aromatic heterocycles. The van der Waals surface area contributed by atoms with Gasteiger partial charge in [0.2, 0.25) is 0 Å². The summed E-state index contributed by atoms with van der Waals surface area (Å²) >= 11 is 0. The van der Waals surface area contributed by atoms with E-state index in [4.69, 9.17) is 9.47 Å². The van der Waals surface area contributed by atoms with Crippen LogP contribution in [-0.4, -0.2) is 41.3 Å². The molecule has 3 atom stereocenters. The molecule has 0 aliphatic carbocycles. The molecule has 4 rings (SSSR count). The maximum absolute atomic E-state index is 14.0. The van der Waals surface area contributed by atoms with E-state index in [9.17, 15) is 4.39 Å². The minimum atomic E-state index is -0.142. The molecule has 0 bridgehead atoms. The molecule has 25 heavy (non-hydrogen) atoms. The predicted molar refractivity (Wildman–Crippen MR) is 92.4 cm³/mol. The van der Waals surface area contributed by atoms with Crippen molar-refractivity contribution in [3.8, 4) is 0 Å². The largest absolute Gasteiger partial charge is 0.374 e. The maximum atomic E-state index is 14.0. The van der Waals surface area contributed by atoms with Crippen molar-refractivity contribution >= 4 is 0 Å². The van der Waals surface area contributed by atoms with Crippen LogP contribution < -0.4 is 0 Å². The van der Waals surface area contributed by atoms with Crippen molar-refractivity contribution in [3.05, 3.63) is 65.7 Å². The Morgan fingerprint density at radius 3 is 2.88 bits per heavy atom. The molecule has 2 saturated heterocycles. The molecule has 0 N–H and O–H groups in total. The van der Waals surface area contributed by atoms with E-state index >= 15 is 0 Å². The van der Waals surface area contributed by atoms with Gasteiger partial charge >= 0.3 is 0 Å². The molecule has 0 radical (unpaired) electrons. The molecule has 1 aromatic carbocycles. The molecule has 2 fully saturated rings. The monoisotopic (exact) mass is 342 g/mol. The van der Waals surface area contributed by atoms with Gasteiger partial charge in [-0.25, -0.2) is 4.39 Å². The van der Waals surface area contributed by atoms with Gasteiger partial charge in [0.15, 0.2) is 0 Å². The SMILES string of the molecule is Fc1ccccc1CN1C[C@@H](OCc2ccncc2)[C@H]2OCCC[C@H]21. The summed E-state index contributed by atoms with van der Waals surface area (Å²) in [6.45, 7) is 2.71. The summed E-state index contributed by atoms with van der Waals surface area (Å²) in [5.41, 5.74) is 1.84. The van der Waals surface area contributed by atoms with Crippen LogP contribution in [0.25, 0.3) is 0 Å². The van der Waals surface area contributed by atoms with Crippen LogP contribution in [0.3, 0.4) is 0 Å². The third-order valence-electron chi connectivity index (χ3n) is 5.13. The second kappa shape index (κ2) is 7.60. The highest BCUT2D eigenvalue weighted by Gasteiger charge is 2.44. The molecule has 0 unspecified atom stereocenters. The van der Waals surface area contributed by atoms with Crippen molar-refractivity contribution in [2.24, 2.45) is 0 Å². The first-order valence-electron chi connectivity index (χ1n) is 8.91. The van der Waals surface area contributed by atoms with Crippen molar-refractivity contribution in [1.29, 1.82) is 0 Å². The molecule has 2 aliphatic rings. The molecule has 5 heteroatoms. The number of aromatic nitrogens is 1. The summed E-state index contributed by atoms with van der Waals surface area (Å²) in [5, 5.41) is 0. The Labute approximate surface area is 147 Å². The highest BCUT2D eigenvalue weighted by molar-refractivity contribution is 5.18. The average Bonchev–Trinajstić information content (AvgIpc) is 3.01. The third-order valence-corrected chi connectivity index (χ3v) is 5.13. The fraction of sp³-hybridized carbons (Fsp3) is 0.450. The van der Waals surface area contributed by atoms with Crippen molar-refractivity contribution < 1.29 is 13.9 Å². The van der Waals surface area contributed by atoms with E-state index < -0.39 is 0 Å². The van der Waals surface area contributed by atoms with Gasteiger partial charge < -0.3 is 9.47 Å². The first-order valence-corrected chi connectivity index (χ1v) is 8.91. The Morgan fingerprint density at radius 1 is 1.20 bits per heavy atom. The minimum absolute atomic E-state index is 0.0187. The normalized spacial score (nSPS) is 26.5. The number of rotatable bonds is 5. The van der Waals surface area contributed by atoms with Crippen LogP contribution in [0.2, 0.25) is 0 Å². The van der Waals surface area contributed by atoms with Gasteiger partial charge in [0.05, 0.1) is 12.7 Å². The van der Waals surface area contributed by atoms with Crippen LogP contribution in [0, 0.1) is 5.82 Å². The molecule has 0 spiro atoms. The van der Waals surface area contributed by atoms with E-state index in [0.29, 0.717) is 19.2 Å². The average molecular weight is 342 g/mol. The third kappa shape index (κ3) is 3.73. The van der Waals surface area contributed by atoms with Crippen LogP contribution in [0.4, 0.5) is 4.39 Å². The van der Waals surface area contributed by atoms with E-state index in [2.05, 4.69) is 9.88 Å². The van der Waals surface area contributed by atoms with Crippen LogP contribution in [0.5, 0.6) is 0 Å². The standard InChI is InChI=1S/C20H23FN2O2/c21-17-5-2-1-4-16(17)12-23-13-19(20-18(23)6-3-11-24-20)25-14-15-7-9-22-10-8-15/h1-2,4-5,7-10,18-20H,3,6,11-14H2/t18-,19-,20+/m1/s1. The van der Waals surface area contributed by atoms with Gasteiger partial charge in [-0.05, 0) is 36.6 Å². The zero-order valence-electron chi connectivity index (χ0n) is 14.2. The number of likely N-dealkylation sites (tertiary alicyclic amines) is 1. The number of ether oxygens (including phenoxy) is 2. The summed E-state index contributed by atoms with van der Waals surface area (Å²) in [6, 6.07) is 11.2. The zero-order chi connectivity index (χ0) is 17.1. The molecule has 4 nitrogen and oxygen atoms in total. The number of fused-ring (bicyclic) bond motifs is 1. The summed E-state index contributed by atoms with van der Waals surface area (Å²) in [6.07, 6.45) is 5.77. The fourth-order valence-corrected chi connectivity index (χ4v) is 3.86. The minimum Gasteiger partial charge on any atom is -0.374 e. The van der Waals surface area contributed by atoms with Crippen molar-refractivity contribution in [1.82, 2.24) is 9.88 Å². The lowest BCUT2D eigenvalue weighted by molar-refractivity contribution is -0.0819. The first-order chi connectivity index (χ1) is 12.3. The van der Waals surface area contributed by atoms with Crippen LogP contribution in [-0.2, 0) is 22.6 Å². The van der Waals surface area contributed by atoms with Gasteiger partial charge in [0, 0.05) is 43.7 Å². The topological polar surface area (TPSA) is 34.6 Å². The summed E-state index contributed by atoms with van der Waals surface area (Å²) in [5.74, 6) is -0.142. The second-order valence-electron chi connectivity index (χ2n) is 6.77. The molecule has 0 amide bonds. The predicted octanol–water partition coefficient (Wildman–Crippen LogP) is 3.17. The zero-order valence-corrected chi connectivity index (χ0v) is 14.2. The van der Waals surface area contributed by atoms with Crippen molar-refractivity contribution in [2.75, 3.05) is 13.2 Å². The molecule has 0 saturated carbocycles. The molecule has 132 valence electrons. The van der Waals surface area contributed by atoms with E-state index in [1.54, 1.807) is 18.5 Å². The first kappa shape index (κ1) is 16.6. The van der Waals surface area contributed by atoms with Crippen LogP contribution >= 0.6 is 0 Å². The van der Waals surface area contributed by atoms with Gasteiger partial charge in [-0.1, -0.05) is 18.2 Å². The number of hydrogen-bond acceptors (Lipinski definition) is 4. The van der Waals surface area contributed by atoms with Crippen molar-refractivity contribution in [3.63, 3.8) is 0 Å². The van der Waals surface area contributed by atoms with Gasteiger partial charge in [0.1, 0.15) is 11.9 Å². The van der Waals surface area contributed by atoms with Crippen LogP contribution in [0.15, 0.2) is 48.8 Å². The lowest BCUT2D eigenvalue weighted by Gasteiger charge is -2.32. The van der Waals surface area contributed by atoms with Crippen LogP contribution in [0.1, 0.15) is 24.0 Å². The highest BCUT2D eigenvalue weighted by Crippen LogP contribution is 2.32. The summed E-state index contributed by atoms with van der Waals surface area (Å²) < 4.78 is 26.2. The molecule has 2 aliphatic heterocycles. The Bertz CT molecular complexity index is 697. The number of hydrogen-bond donors (Lipinski definition) is 0. The second-order valence-corrected chi connectivity index (χ2v) is 6.77. The Balaban J connectivity index is 1.45. The number of benzene rings is 1. The Morgan fingerprint density at radius 2 is 2.04 bits per heavy atom. The van der Waals surface area contributed by atoms with Crippen molar-refractivity contribution in [2.45, 2.75) is 44.2 Å². The quantitative estimate of drug-likeness (QED) is 0.836. The number of halogens is 1. The molecule has 3 heterocycles. The van der Waals surface area contributed by atoms with E-state index in [-0.39, 0.29) is 18.0 Å². The van der Waals surface area contributed by atoms with E-state index in [1.165, 1.54) is 6.07 Å². The Hall–Kier alpha value is -1.82. The van der Waals surface area contributed by atoms with E-state index in [1.807, 2.05) is 24.3 Å². The van der Waals surface area contributed by atoms with Gasteiger partial charge in [-0.15, -0.1) is 0 Å². The summed E-state index contributed by atoms with van der Waals surface area (Å²) in [4.78, 5) is 6.35. The van der Waals surface area contributed by atoms with Gasteiger partial charge in [0.25, 0.3) is 0 Å². The number of pyridine rings is 1. The fourth-order valence-electron chi connectivity index (χ4n) is 3.86.